The van der Waals surface area contributed by atoms with Crippen molar-refractivity contribution >= 4 is 44.2 Å². The second kappa shape index (κ2) is 6.35. The first-order valence-electron chi connectivity index (χ1n) is 8.71. The van der Waals surface area contributed by atoms with E-state index in [2.05, 4.69) is 10.3 Å². The van der Waals surface area contributed by atoms with Crippen LogP contribution in [0.2, 0.25) is 0 Å². The molecule has 0 bridgehead atoms. The number of thiazole rings is 1. The number of carbonyl (C=O) groups is 2. The van der Waals surface area contributed by atoms with Gasteiger partial charge in [-0.05, 0) is 50.6 Å². The van der Waals surface area contributed by atoms with Crippen molar-refractivity contribution in [2.75, 3.05) is 16.8 Å². The molecular weight excluding hydrogens is 362 g/mol. The summed E-state index contributed by atoms with van der Waals surface area (Å²) in [7, 11) is 0. The Balaban J connectivity index is 1.66. The number of benzene rings is 2. The summed E-state index contributed by atoms with van der Waals surface area (Å²) in [5, 5.41) is 3.21. The lowest BCUT2D eigenvalue weighted by molar-refractivity contribution is -0.145. The zero-order valence-electron chi connectivity index (χ0n) is 15.3. The van der Waals surface area contributed by atoms with E-state index in [9.17, 15) is 9.59 Å². The normalized spacial score (nSPS) is 18.9. The molecule has 138 valence electrons. The van der Waals surface area contributed by atoms with Gasteiger partial charge in [0.05, 0.1) is 15.9 Å². The summed E-state index contributed by atoms with van der Waals surface area (Å²) in [6.07, 6.45) is 0. The van der Waals surface area contributed by atoms with Gasteiger partial charge in [0.25, 0.3) is 17.4 Å². The molecule has 6 nitrogen and oxygen atoms in total. The summed E-state index contributed by atoms with van der Waals surface area (Å²) in [6.45, 7) is 5.82. The Morgan fingerprint density at radius 1 is 1.30 bits per heavy atom. The Bertz CT molecular complexity index is 1060. The highest BCUT2D eigenvalue weighted by Gasteiger charge is 2.50. The average molecular weight is 381 g/mol. The quantitative estimate of drug-likeness (QED) is 0.702. The molecule has 2 heterocycles. The van der Waals surface area contributed by atoms with E-state index in [1.165, 1.54) is 18.3 Å². The van der Waals surface area contributed by atoms with Crippen molar-refractivity contribution in [3.05, 3.63) is 48.0 Å². The SMILES string of the molecule is CCN1C(=O)C(C)(C(=O)Nc2nc3ccc(C)cc3s2)Oc2ccccc21. The molecule has 2 aromatic carbocycles. The minimum absolute atomic E-state index is 0.391. The molecule has 1 aliphatic heterocycles. The molecule has 1 atom stereocenters. The van der Waals surface area contributed by atoms with Gasteiger partial charge in [-0.1, -0.05) is 29.5 Å². The Kier molecular flexibility index (Phi) is 4.11. The molecule has 1 aliphatic rings. The second-order valence-electron chi connectivity index (χ2n) is 6.60. The van der Waals surface area contributed by atoms with Gasteiger partial charge >= 0.3 is 0 Å². The minimum atomic E-state index is -1.65. The number of carbonyl (C=O) groups excluding carboxylic acids is 2. The van der Waals surface area contributed by atoms with Gasteiger partial charge in [0.2, 0.25) is 0 Å². The first kappa shape index (κ1) is 17.5. The van der Waals surface area contributed by atoms with Crippen molar-refractivity contribution in [1.29, 1.82) is 0 Å². The standard InChI is InChI=1S/C20H19N3O3S/c1-4-23-14-7-5-6-8-15(14)26-20(3,18(23)25)17(24)22-19-21-13-10-9-12(2)11-16(13)27-19/h5-11H,4H2,1-3H3,(H,21,22,24). The highest BCUT2D eigenvalue weighted by atomic mass is 32.1. The molecule has 0 fully saturated rings. The molecule has 0 radical (unpaired) electrons. The van der Waals surface area contributed by atoms with Crippen molar-refractivity contribution < 1.29 is 14.3 Å². The molecule has 3 aromatic rings. The lowest BCUT2D eigenvalue weighted by Crippen LogP contribution is -2.60. The van der Waals surface area contributed by atoms with Crippen molar-refractivity contribution in [2.45, 2.75) is 26.4 Å². The van der Waals surface area contributed by atoms with Crippen molar-refractivity contribution in [3.8, 4) is 5.75 Å². The van der Waals surface area contributed by atoms with Gasteiger partial charge in [-0.2, -0.15) is 0 Å². The third kappa shape index (κ3) is 2.84. The van der Waals surface area contributed by atoms with Gasteiger partial charge in [-0.15, -0.1) is 0 Å². The van der Waals surface area contributed by atoms with Crippen LogP contribution in [-0.2, 0) is 9.59 Å². The smallest absolute Gasteiger partial charge is 0.280 e. The molecule has 1 unspecified atom stereocenters. The number of rotatable bonds is 3. The van der Waals surface area contributed by atoms with Crippen LogP contribution >= 0.6 is 11.3 Å². The van der Waals surface area contributed by atoms with E-state index in [1.54, 1.807) is 11.0 Å². The predicted molar refractivity (Wildman–Crippen MR) is 106 cm³/mol. The van der Waals surface area contributed by atoms with Crippen molar-refractivity contribution in [1.82, 2.24) is 4.98 Å². The summed E-state index contributed by atoms with van der Waals surface area (Å²) in [5.74, 6) is -0.411. The largest absolute Gasteiger partial charge is 0.465 e. The summed E-state index contributed by atoms with van der Waals surface area (Å²) in [4.78, 5) is 32.0. The van der Waals surface area contributed by atoms with Crippen LogP contribution in [0.25, 0.3) is 10.2 Å². The number of fused-ring (bicyclic) bond motifs is 2. The second-order valence-corrected chi connectivity index (χ2v) is 7.63. The third-order valence-corrected chi connectivity index (χ3v) is 5.57. The molecule has 0 saturated carbocycles. The summed E-state index contributed by atoms with van der Waals surface area (Å²) >= 11 is 1.37. The average Bonchev–Trinajstić information content (AvgIpc) is 3.04. The molecule has 1 aromatic heterocycles. The Morgan fingerprint density at radius 3 is 2.85 bits per heavy atom. The van der Waals surface area contributed by atoms with E-state index in [0.29, 0.717) is 23.1 Å². The van der Waals surface area contributed by atoms with Crippen LogP contribution in [-0.4, -0.2) is 28.9 Å². The van der Waals surface area contributed by atoms with Crippen LogP contribution in [0.5, 0.6) is 5.75 Å². The fourth-order valence-electron chi connectivity index (χ4n) is 3.16. The van der Waals surface area contributed by atoms with Crippen LogP contribution in [0, 0.1) is 6.92 Å². The third-order valence-electron chi connectivity index (χ3n) is 4.64. The fraction of sp³-hybridized carbons (Fsp3) is 0.250. The highest BCUT2D eigenvalue weighted by Crippen LogP contribution is 2.38. The minimum Gasteiger partial charge on any atom is -0.465 e. The van der Waals surface area contributed by atoms with E-state index in [-0.39, 0.29) is 0 Å². The van der Waals surface area contributed by atoms with Crippen LogP contribution < -0.4 is 15.0 Å². The van der Waals surface area contributed by atoms with Gasteiger partial charge in [0.1, 0.15) is 5.75 Å². The Morgan fingerprint density at radius 2 is 2.07 bits per heavy atom. The number of nitrogens with one attached hydrogen (secondary N) is 1. The summed E-state index contributed by atoms with van der Waals surface area (Å²) < 4.78 is 6.84. The van der Waals surface area contributed by atoms with Gasteiger partial charge in [-0.3, -0.25) is 14.9 Å². The first-order chi connectivity index (χ1) is 12.9. The molecule has 0 aliphatic carbocycles. The van der Waals surface area contributed by atoms with Gasteiger partial charge in [0.15, 0.2) is 5.13 Å². The molecule has 0 spiro atoms. The van der Waals surface area contributed by atoms with Gasteiger partial charge in [0, 0.05) is 6.54 Å². The van der Waals surface area contributed by atoms with Gasteiger partial charge in [-0.25, -0.2) is 4.98 Å². The maximum absolute atomic E-state index is 13.0. The lowest BCUT2D eigenvalue weighted by Gasteiger charge is -2.38. The number of nitrogens with zero attached hydrogens (tertiary/aromatic N) is 2. The van der Waals surface area contributed by atoms with E-state index in [4.69, 9.17) is 4.74 Å². The van der Waals surface area contributed by atoms with Crippen LogP contribution in [0.1, 0.15) is 19.4 Å². The van der Waals surface area contributed by atoms with E-state index >= 15 is 0 Å². The Hall–Kier alpha value is -2.93. The number of amides is 2. The Labute approximate surface area is 160 Å². The first-order valence-corrected chi connectivity index (χ1v) is 9.52. The fourth-order valence-corrected chi connectivity index (χ4v) is 4.12. The number of aromatic nitrogens is 1. The summed E-state index contributed by atoms with van der Waals surface area (Å²) in [6, 6.07) is 13.1. The number of hydrogen-bond donors (Lipinski definition) is 1. The molecular formula is C20H19N3O3S. The van der Waals surface area contributed by atoms with Crippen LogP contribution in [0.4, 0.5) is 10.8 Å². The number of likely N-dealkylation sites (N-methyl/N-ethyl adjacent to an activating group) is 1. The van der Waals surface area contributed by atoms with E-state index in [0.717, 1.165) is 15.8 Å². The van der Waals surface area contributed by atoms with E-state index in [1.807, 2.05) is 50.2 Å². The number of ether oxygens (including phenoxy) is 1. The molecule has 1 N–H and O–H groups in total. The molecule has 27 heavy (non-hydrogen) atoms. The number of hydrogen-bond acceptors (Lipinski definition) is 5. The molecule has 2 amide bonds. The maximum atomic E-state index is 13.0. The molecule has 4 rings (SSSR count). The topological polar surface area (TPSA) is 71.5 Å². The number of para-hydroxylation sites is 2. The number of aryl methyl sites for hydroxylation is 1. The highest BCUT2D eigenvalue weighted by molar-refractivity contribution is 7.22. The van der Waals surface area contributed by atoms with Crippen LogP contribution in [0.3, 0.4) is 0 Å². The van der Waals surface area contributed by atoms with Crippen LogP contribution in [0.15, 0.2) is 42.5 Å². The van der Waals surface area contributed by atoms with E-state index < -0.39 is 17.4 Å². The number of anilines is 2. The summed E-state index contributed by atoms with van der Waals surface area (Å²) in [5.41, 5.74) is 0.947. The monoisotopic (exact) mass is 381 g/mol. The van der Waals surface area contributed by atoms with Gasteiger partial charge < -0.3 is 9.64 Å². The zero-order chi connectivity index (χ0) is 19.2. The maximum Gasteiger partial charge on any atom is 0.280 e. The van der Waals surface area contributed by atoms with Crippen molar-refractivity contribution in [3.63, 3.8) is 0 Å². The zero-order valence-corrected chi connectivity index (χ0v) is 16.1. The predicted octanol–water partition coefficient (Wildman–Crippen LogP) is 3.75. The molecule has 7 heteroatoms. The van der Waals surface area contributed by atoms with Crippen molar-refractivity contribution in [2.24, 2.45) is 0 Å². The lowest BCUT2D eigenvalue weighted by atomic mass is 10.00. The molecule has 0 saturated heterocycles.